The number of anilines is 4. The minimum Gasteiger partial charge on any atom is -0.456 e. The first kappa shape index (κ1) is 93.8. The van der Waals surface area contributed by atoms with E-state index in [1.54, 1.807) is 0 Å². The molecule has 0 radical (unpaired) electrons. The maximum atomic E-state index is 14.0. The number of aromatic amines is 8. The van der Waals surface area contributed by atoms with Crippen LogP contribution in [0.2, 0.25) is 0 Å². The Morgan fingerprint density at radius 2 is 0.732 bits per heavy atom. The number of aromatic nitrogens is 16. The molecule has 4 amide bonds. The van der Waals surface area contributed by atoms with E-state index in [-0.39, 0.29) is 40.7 Å². The van der Waals surface area contributed by atoms with Crippen LogP contribution in [0.5, 0.6) is 0 Å². The number of alkyl halides is 3. The molecule has 138 heavy (non-hydrogen) atoms. The summed E-state index contributed by atoms with van der Waals surface area (Å²) in [5, 5.41) is 36.8. The molecule has 1 aliphatic carbocycles. The number of rotatable bonds is 21. The lowest BCUT2D eigenvalue weighted by Gasteiger charge is -2.38. The van der Waals surface area contributed by atoms with Crippen LogP contribution in [-0.4, -0.2) is 239 Å². The molecule has 21 rings (SSSR count). The number of hydrogen-bond donors (Lipinski definition) is 12. The predicted octanol–water partition coefficient (Wildman–Crippen LogP) is 16.0. The van der Waals surface area contributed by atoms with Crippen LogP contribution in [0.15, 0.2) is 157 Å². The molecular formula is C95H93F10N25O8. The molecule has 2 atom stereocenters. The number of piperazine rings is 1. The molecule has 0 spiro atoms. The molecule has 0 unspecified atom stereocenters. The number of aryl methyl sites for hydroxylation is 1. The molecule has 0 bridgehead atoms. The fraction of sp³-hybridized carbons (Fsp3) is 0.305. The summed E-state index contributed by atoms with van der Waals surface area (Å²) in [5.41, 5.74) is 10.3. The highest BCUT2D eigenvalue weighted by molar-refractivity contribution is 6.09. The number of furan rings is 1. The van der Waals surface area contributed by atoms with Crippen LogP contribution in [0.3, 0.4) is 0 Å². The Morgan fingerprint density at radius 3 is 1.08 bits per heavy atom. The third-order valence-electron chi connectivity index (χ3n) is 24.2. The molecule has 7 aromatic carbocycles. The Bertz CT molecular complexity index is 7020. The molecule has 5 aliphatic rings. The number of hydrogen-bond acceptors (Lipinski definition) is 21. The molecule has 33 nitrogen and oxygen atoms in total. The zero-order valence-corrected chi connectivity index (χ0v) is 74.6. The molecule has 716 valence electrons. The number of imidazole rings is 4. The average molecular weight is 1900 g/mol. The lowest BCUT2D eigenvalue weighted by molar-refractivity contribution is -0.153. The number of fused-ring (bicyclic) bond motifs is 4. The number of morpholine rings is 3. The van der Waals surface area contributed by atoms with Gasteiger partial charge < -0.3 is 59.8 Å². The zero-order chi connectivity index (χ0) is 96.0. The van der Waals surface area contributed by atoms with Crippen molar-refractivity contribution < 1.29 is 81.7 Å². The van der Waals surface area contributed by atoms with E-state index >= 15 is 0 Å². The SMILES string of the molecule is C[C@@H]1CN(Cc2ccc3nc(-c4[nH]ncc4NC(=O)c4c(F)cccc4F)[nH]c3c2)C[C@H](C)O1.Cc1cc(C(=O)Nc2cn[nH]c2-c2nc3ccc(CN4CCOCC4)cc3[nH]2)c(C(F)(F)F)o1.O=C(Nc1cn[nH]c1-c1nc2ccc(CN3CCN(C4CCCC4)CC3)cc2[nH]1)c1c(F)cccc1F.O=C(Nc1cn[nH]c1-c1nc2ccc(CN3CCOCC3)cc2[nH]1)c1c(F)cc(F)cc1F. The molecule has 4 saturated heterocycles. The van der Waals surface area contributed by atoms with E-state index in [1.165, 1.54) is 75.1 Å². The second-order valence-corrected chi connectivity index (χ2v) is 34.2. The monoisotopic (exact) mass is 1900 g/mol. The largest absolute Gasteiger partial charge is 0.456 e. The second kappa shape index (κ2) is 41.1. The zero-order valence-electron chi connectivity index (χ0n) is 74.6. The third kappa shape index (κ3) is 21.8. The maximum Gasteiger partial charge on any atom is 0.450 e. The van der Waals surface area contributed by atoms with Crippen LogP contribution in [0.1, 0.15) is 115 Å². The van der Waals surface area contributed by atoms with Gasteiger partial charge >= 0.3 is 6.18 Å². The molecule has 43 heteroatoms. The fourth-order valence-electron chi connectivity index (χ4n) is 17.7. The highest BCUT2D eigenvalue weighted by Crippen LogP contribution is 2.38. The molecular weight excluding hydrogens is 1810 g/mol. The first-order valence-corrected chi connectivity index (χ1v) is 44.7. The van der Waals surface area contributed by atoms with Crippen molar-refractivity contribution in [2.24, 2.45) is 0 Å². The fourth-order valence-corrected chi connectivity index (χ4v) is 17.7. The molecule has 1 saturated carbocycles. The predicted molar refractivity (Wildman–Crippen MR) is 491 cm³/mol. The van der Waals surface area contributed by atoms with Gasteiger partial charge in [0.15, 0.2) is 23.3 Å². The van der Waals surface area contributed by atoms with Crippen LogP contribution in [0, 0.1) is 47.6 Å². The van der Waals surface area contributed by atoms with Gasteiger partial charge in [0, 0.05) is 110 Å². The molecule has 12 N–H and O–H groups in total. The second-order valence-electron chi connectivity index (χ2n) is 34.2. The van der Waals surface area contributed by atoms with Gasteiger partial charge in [0.1, 0.15) is 85.9 Å². The van der Waals surface area contributed by atoms with Crippen molar-refractivity contribution in [2.75, 3.05) is 113 Å². The van der Waals surface area contributed by atoms with Gasteiger partial charge in [-0.2, -0.15) is 33.6 Å². The molecule has 9 aromatic heterocycles. The Hall–Kier alpha value is -14.6. The summed E-state index contributed by atoms with van der Waals surface area (Å²) < 4.78 is 158. The van der Waals surface area contributed by atoms with Crippen LogP contribution in [-0.2, 0) is 46.6 Å². The Morgan fingerprint density at radius 1 is 0.406 bits per heavy atom. The van der Waals surface area contributed by atoms with E-state index in [9.17, 15) is 63.1 Å². The van der Waals surface area contributed by atoms with Crippen LogP contribution in [0.4, 0.5) is 66.7 Å². The number of carbonyl (C=O) groups is 4. The number of carbonyl (C=O) groups excluding carboxylic acids is 4. The summed E-state index contributed by atoms with van der Waals surface area (Å²) in [4.78, 5) is 93.5. The van der Waals surface area contributed by atoms with Crippen molar-refractivity contribution in [3.63, 3.8) is 0 Å². The summed E-state index contributed by atoms with van der Waals surface area (Å²) in [6, 6.07) is 33.2. The van der Waals surface area contributed by atoms with E-state index in [0.717, 1.165) is 191 Å². The number of amides is 4. The van der Waals surface area contributed by atoms with Gasteiger partial charge in [-0.3, -0.25) is 64.1 Å². The van der Waals surface area contributed by atoms with Crippen LogP contribution in [0.25, 0.3) is 90.2 Å². The first-order chi connectivity index (χ1) is 66.7. The van der Waals surface area contributed by atoms with Gasteiger partial charge in [-0.15, -0.1) is 0 Å². The lowest BCUT2D eigenvalue weighted by atomic mass is 10.1. The first-order valence-electron chi connectivity index (χ1n) is 44.7. The Kier molecular flexibility index (Phi) is 28.0. The minimum absolute atomic E-state index is 0.0185. The van der Waals surface area contributed by atoms with Crippen molar-refractivity contribution in [3.05, 3.63) is 249 Å². The minimum atomic E-state index is -4.79. The van der Waals surface area contributed by atoms with Crippen molar-refractivity contribution in [3.8, 4) is 46.1 Å². The summed E-state index contributed by atoms with van der Waals surface area (Å²) in [6.07, 6.45) is 6.38. The normalized spacial score (nSPS) is 16.6. The Labute approximate surface area is 779 Å². The van der Waals surface area contributed by atoms with Gasteiger partial charge in [0.05, 0.1) is 136 Å². The summed E-state index contributed by atoms with van der Waals surface area (Å²) in [7, 11) is 0. The number of ether oxygens (including phenoxy) is 3. The van der Waals surface area contributed by atoms with Crippen LogP contribution >= 0.6 is 0 Å². The summed E-state index contributed by atoms with van der Waals surface area (Å²) in [6.45, 7) is 21.2. The standard InChI is InChI=1S/C27H29F2N7O.C24H24F2N6O2.C22H21F3N6O3.C22H19F3N6O2/c28-19-6-3-7-20(29)24(19)27(37)33-23-15-30-34-25(23)26-31-21-9-8-17(14-22(21)32-26)16-35-10-12-36(13-11-35)18-4-1-2-5-18;1-13-10-32(11-14(2)34-13)12-15-6-7-18-19(8-15)29-23(28-18)22-20(9-27-31-22)30-24(33)21-16(25)4-3-5-17(21)26;1-12-8-14(19(34-12)22(23,24)25)21(32)29-17-10-26-30-18(17)20-27-15-3-2-13(9-16(15)28-20)11-31-4-6-33-7-5-31;23-13-8-14(24)19(15(25)9-13)22(32)29-18-10-26-30-20(18)21-27-16-2-1-12(7-17(16)28-21)11-31-3-5-33-6-4-31/h3,6-9,14-15,18H,1-2,4-5,10-13,16H2,(H,30,34)(H,31,32)(H,33,37);3-9,13-14H,10-12H2,1-2H3,(H,27,31)(H,28,29)(H,30,33);2-3,8-10H,4-7,11H2,1H3,(H,26,30)(H,27,28)(H,29,32);1-2,7-10H,3-6,11H2,(H,26,30)(H,27,28)(H,29,32)/t;13-,14+;;. The van der Waals surface area contributed by atoms with Gasteiger partial charge in [0.2, 0.25) is 5.76 Å². The molecule has 4 aliphatic heterocycles. The topological polar surface area (TPSA) is 403 Å². The van der Waals surface area contributed by atoms with E-state index in [1.807, 2.05) is 60.7 Å². The quantitative estimate of drug-likeness (QED) is 0.0297. The third-order valence-corrected chi connectivity index (χ3v) is 24.2. The van der Waals surface area contributed by atoms with Gasteiger partial charge in [-0.05, 0) is 135 Å². The van der Waals surface area contributed by atoms with Crippen LogP contribution < -0.4 is 21.3 Å². The number of nitrogens with zero attached hydrogens (tertiary/aromatic N) is 13. The number of H-pyrrole nitrogens is 8. The highest BCUT2D eigenvalue weighted by atomic mass is 19.4. The smallest absolute Gasteiger partial charge is 0.450 e. The molecule has 13 heterocycles. The molecule has 16 aromatic rings. The number of nitrogens with one attached hydrogen (secondary N) is 12. The van der Waals surface area contributed by atoms with Gasteiger partial charge in [-0.25, -0.2) is 50.7 Å². The average Bonchev–Trinajstić information content (AvgIpc) is 1.65. The lowest BCUT2D eigenvalue weighted by Crippen LogP contribution is -2.49. The summed E-state index contributed by atoms with van der Waals surface area (Å²) in [5.74, 6) is -11.0. The van der Waals surface area contributed by atoms with E-state index in [4.69, 9.17) is 18.6 Å². The van der Waals surface area contributed by atoms with Gasteiger partial charge in [-0.1, -0.05) is 49.2 Å². The van der Waals surface area contributed by atoms with Crippen molar-refractivity contribution in [1.29, 1.82) is 0 Å². The number of benzene rings is 7. The summed E-state index contributed by atoms with van der Waals surface area (Å²) >= 11 is 0. The van der Waals surface area contributed by atoms with E-state index in [2.05, 4.69) is 152 Å². The Balaban J connectivity index is 0.000000122. The van der Waals surface area contributed by atoms with Gasteiger partial charge in [0.25, 0.3) is 23.6 Å². The maximum absolute atomic E-state index is 14.0. The van der Waals surface area contributed by atoms with Crippen molar-refractivity contribution in [2.45, 2.75) is 97.1 Å². The van der Waals surface area contributed by atoms with Crippen molar-refractivity contribution in [1.82, 2.24) is 105 Å². The van der Waals surface area contributed by atoms with E-state index in [0.29, 0.717) is 82.5 Å². The number of halogens is 10. The van der Waals surface area contributed by atoms with Crippen molar-refractivity contribution >= 4 is 90.5 Å². The van der Waals surface area contributed by atoms with E-state index < -0.39 is 98.5 Å². The molecule has 5 fully saturated rings. The highest BCUT2D eigenvalue weighted by Gasteiger charge is 2.41.